The van der Waals surface area contributed by atoms with E-state index in [1.807, 2.05) is 11.8 Å². The minimum atomic E-state index is -0.375. The minimum Gasteiger partial charge on any atom is -0.465 e. The highest BCUT2D eigenvalue weighted by Gasteiger charge is 2.15. The summed E-state index contributed by atoms with van der Waals surface area (Å²) in [6.45, 7) is 4.18. The van der Waals surface area contributed by atoms with Crippen LogP contribution in [0.2, 0.25) is 0 Å². The number of hydrogen-bond donors (Lipinski definition) is 2. The van der Waals surface area contributed by atoms with Crippen molar-refractivity contribution >= 4 is 29.1 Å². The second-order valence-corrected chi connectivity index (χ2v) is 5.29. The molecule has 1 aromatic carbocycles. The van der Waals surface area contributed by atoms with E-state index >= 15 is 0 Å². The predicted molar refractivity (Wildman–Crippen MR) is 78.3 cm³/mol. The van der Waals surface area contributed by atoms with Gasteiger partial charge in [0.15, 0.2) is 0 Å². The van der Waals surface area contributed by atoms with Crippen molar-refractivity contribution in [2.75, 3.05) is 29.7 Å². The molecule has 0 bridgehead atoms. The van der Waals surface area contributed by atoms with Crippen molar-refractivity contribution in [3.63, 3.8) is 0 Å². The molecule has 1 aromatic rings. The topological polar surface area (TPSA) is 64.3 Å². The van der Waals surface area contributed by atoms with Gasteiger partial charge in [-0.05, 0) is 24.8 Å². The Kier molecular flexibility index (Phi) is 5.85. The lowest BCUT2D eigenvalue weighted by atomic mass is 10.1. The van der Waals surface area contributed by atoms with Crippen molar-refractivity contribution in [1.29, 1.82) is 0 Å². The van der Waals surface area contributed by atoms with Gasteiger partial charge in [0.2, 0.25) is 0 Å². The van der Waals surface area contributed by atoms with Crippen molar-refractivity contribution in [3.05, 3.63) is 23.8 Å². The molecule has 0 radical (unpaired) electrons. The van der Waals surface area contributed by atoms with Crippen LogP contribution in [0.1, 0.15) is 24.2 Å². The number of rotatable bonds is 6. The molecular weight excluding hydrogens is 248 g/mol. The molecule has 0 aliphatic carbocycles. The summed E-state index contributed by atoms with van der Waals surface area (Å²) in [4.78, 5) is 11.7. The number of esters is 1. The predicted octanol–water partition coefficient (Wildman–Crippen LogP) is 2.61. The van der Waals surface area contributed by atoms with E-state index in [0.29, 0.717) is 16.9 Å². The summed E-state index contributed by atoms with van der Waals surface area (Å²) in [5.74, 6) is 1.66. The van der Waals surface area contributed by atoms with E-state index in [2.05, 4.69) is 19.2 Å². The second kappa shape index (κ2) is 7.16. The quantitative estimate of drug-likeness (QED) is 0.613. The summed E-state index contributed by atoms with van der Waals surface area (Å²) in [6, 6.07) is 5.47. The number of thioether (sulfide) groups is 1. The normalized spacial score (nSPS) is 11.9. The molecule has 0 saturated carbocycles. The number of carbonyl (C=O) groups is 1. The van der Waals surface area contributed by atoms with Crippen molar-refractivity contribution in [1.82, 2.24) is 0 Å². The summed E-state index contributed by atoms with van der Waals surface area (Å²) in [7, 11) is 1.37. The zero-order valence-electron chi connectivity index (χ0n) is 11.0. The molecule has 1 rings (SSSR count). The van der Waals surface area contributed by atoms with Crippen LogP contribution in [0.15, 0.2) is 18.2 Å². The van der Waals surface area contributed by atoms with E-state index in [9.17, 15) is 4.79 Å². The Hall–Kier alpha value is -1.36. The molecule has 1 atom stereocenters. The standard InChI is InChI=1S/C13H20N2O2S/c1-4-18-8-9(2)15-12-10(13(16)17-3)6-5-7-11(12)14/h5-7,9,15H,4,8,14H2,1-3H3. The number of ether oxygens (including phenoxy) is 1. The van der Waals surface area contributed by atoms with Crippen molar-refractivity contribution in [3.8, 4) is 0 Å². The van der Waals surface area contributed by atoms with Gasteiger partial charge in [0.25, 0.3) is 0 Å². The van der Waals surface area contributed by atoms with E-state index in [0.717, 1.165) is 11.5 Å². The fourth-order valence-corrected chi connectivity index (χ4v) is 2.27. The number of nitrogens with two attached hydrogens (primary N) is 1. The smallest absolute Gasteiger partial charge is 0.340 e. The summed E-state index contributed by atoms with van der Waals surface area (Å²) in [6.07, 6.45) is 0. The Bertz CT molecular complexity index is 410. The van der Waals surface area contributed by atoms with E-state index < -0.39 is 0 Å². The molecule has 5 heteroatoms. The molecule has 0 aliphatic heterocycles. The maximum absolute atomic E-state index is 11.7. The lowest BCUT2D eigenvalue weighted by Crippen LogP contribution is -2.21. The van der Waals surface area contributed by atoms with E-state index in [4.69, 9.17) is 10.5 Å². The Morgan fingerprint density at radius 3 is 2.89 bits per heavy atom. The number of benzene rings is 1. The number of hydrogen-bond acceptors (Lipinski definition) is 5. The van der Waals surface area contributed by atoms with Crippen LogP contribution >= 0.6 is 11.8 Å². The second-order valence-electron chi connectivity index (χ2n) is 3.97. The fraction of sp³-hybridized carbons (Fsp3) is 0.462. The van der Waals surface area contributed by atoms with Crippen LogP contribution in [0.5, 0.6) is 0 Å². The van der Waals surface area contributed by atoms with E-state index in [1.54, 1.807) is 18.2 Å². The average molecular weight is 268 g/mol. The average Bonchev–Trinajstić information content (AvgIpc) is 2.37. The van der Waals surface area contributed by atoms with Gasteiger partial charge in [-0.3, -0.25) is 0 Å². The highest BCUT2D eigenvalue weighted by molar-refractivity contribution is 7.99. The van der Waals surface area contributed by atoms with Gasteiger partial charge >= 0.3 is 5.97 Å². The number of nitrogen functional groups attached to an aromatic ring is 1. The number of nitrogens with one attached hydrogen (secondary N) is 1. The number of para-hydroxylation sites is 1. The zero-order chi connectivity index (χ0) is 13.5. The van der Waals surface area contributed by atoms with Gasteiger partial charge in [-0.1, -0.05) is 13.0 Å². The van der Waals surface area contributed by atoms with Crippen LogP contribution in [0.4, 0.5) is 11.4 Å². The molecule has 3 N–H and O–H groups in total. The van der Waals surface area contributed by atoms with Gasteiger partial charge in [0.05, 0.1) is 24.0 Å². The van der Waals surface area contributed by atoms with Gasteiger partial charge in [0, 0.05) is 11.8 Å². The van der Waals surface area contributed by atoms with Crippen molar-refractivity contribution < 1.29 is 9.53 Å². The lowest BCUT2D eigenvalue weighted by Gasteiger charge is -2.18. The molecule has 0 heterocycles. The van der Waals surface area contributed by atoms with Gasteiger partial charge in [0.1, 0.15) is 0 Å². The molecular formula is C13H20N2O2S. The SMILES string of the molecule is CCSCC(C)Nc1c(N)cccc1C(=O)OC. The van der Waals surface area contributed by atoms with Crippen LogP contribution in [-0.4, -0.2) is 30.6 Å². The van der Waals surface area contributed by atoms with Crippen molar-refractivity contribution in [2.45, 2.75) is 19.9 Å². The molecule has 0 aliphatic rings. The highest BCUT2D eigenvalue weighted by Crippen LogP contribution is 2.25. The van der Waals surface area contributed by atoms with Crippen LogP contribution in [-0.2, 0) is 4.74 Å². The molecule has 0 aromatic heterocycles. The molecule has 100 valence electrons. The third-order valence-electron chi connectivity index (χ3n) is 2.46. The van der Waals surface area contributed by atoms with Gasteiger partial charge in [-0.25, -0.2) is 4.79 Å². The number of methoxy groups -OCH3 is 1. The summed E-state index contributed by atoms with van der Waals surface area (Å²) < 4.78 is 4.75. The minimum absolute atomic E-state index is 0.239. The van der Waals surface area contributed by atoms with Crippen LogP contribution in [0, 0.1) is 0 Å². The Labute approximate surface area is 112 Å². The first-order valence-corrected chi connectivity index (χ1v) is 7.06. The number of anilines is 2. The maximum Gasteiger partial charge on any atom is 0.340 e. The Morgan fingerprint density at radius 1 is 1.56 bits per heavy atom. The number of carbonyl (C=O) groups excluding carboxylic acids is 1. The van der Waals surface area contributed by atoms with Gasteiger partial charge < -0.3 is 15.8 Å². The molecule has 0 spiro atoms. The van der Waals surface area contributed by atoms with Crippen LogP contribution in [0.25, 0.3) is 0 Å². The first-order valence-electron chi connectivity index (χ1n) is 5.91. The molecule has 4 nitrogen and oxygen atoms in total. The zero-order valence-corrected chi connectivity index (χ0v) is 11.8. The molecule has 0 amide bonds. The Balaban J connectivity index is 2.89. The largest absolute Gasteiger partial charge is 0.465 e. The lowest BCUT2D eigenvalue weighted by molar-refractivity contribution is 0.0602. The summed E-state index contributed by atoms with van der Waals surface area (Å²) >= 11 is 1.84. The third kappa shape index (κ3) is 3.84. The van der Waals surface area contributed by atoms with Crippen LogP contribution < -0.4 is 11.1 Å². The fourth-order valence-electron chi connectivity index (χ4n) is 1.59. The van der Waals surface area contributed by atoms with E-state index in [1.165, 1.54) is 7.11 Å². The van der Waals surface area contributed by atoms with Crippen molar-refractivity contribution in [2.24, 2.45) is 0 Å². The Morgan fingerprint density at radius 2 is 2.28 bits per heavy atom. The molecule has 0 fully saturated rings. The van der Waals surface area contributed by atoms with Crippen LogP contribution in [0.3, 0.4) is 0 Å². The molecule has 1 unspecified atom stereocenters. The summed E-state index contributed by atoms with van der Waals surface area (Å²) in [5.41, 5.74) is 7.61. The van der Waals surface area contributed by atoms with Gasteiger partial charge in [-0.2, -0.15) is 11.8 Å². The third-order valence-corrected chi connectivity index (χ3v) is 3.61. The van der Waals surface area contributed by atoms with E-state index in [-0.39, 0.29) is 12.0 Å². The highest BCUT2D eigenvalue weighted by atomic mass is 32.2. The first kappa shape index (κ1) is 14.7. The molecule has 0 saturated heterocycles. The summed E-state index contributed by atoms with van der Waals surface area (Å²) in [5, 5.41) is 3.28. The van der Waals surface area contributed by atoms with Gasteiger partial charge in [-0.15, -0.1) is 0 Å². The maximum atomic E-state index is 11.7. The monoisotopic (exact) mass is 268 g/mol. The first-order chi connectivity index (χ1) is 8.60. The molecule has 18 heavy (non-hydrogen) atoms.